The number of carbonyl (C=O) groups excluding carboxylic acids is 1. The van der Waals surface area contributed by atoms with Gasteiger partial charge in [0.05, 0.1) is 21.6 Å². The summed E-state index contributed by atoms with van der Waals surface area (Å²) in [5.74, 6) is -0.982. The average molecular weight is 478 g/mol. The standard InChI is InChI=1S/C25H23N3O3S2/c1-15-7-6-9-21(16(15)2)28(17(3)29)25-26-19(14-32-25)13-18(11-12-23(30)31)24-27-20-8-4-5-10-22(20)33-24/h4-10,13-14H,11-12H2,1-3H3,(H,30,31)/b18-13+. The maximum atomic E-state index is 12.5. The van der Waals surface area contributed by atoms with Crippen LogP contribution in [-0.4, -0.2) is 27.0 Å². The number of carboxylic acids is 1. The van der Waals surface area contributed by atoms with Crippen LogP contribution in [0.25, 0.3) is 21.9 Å². The van der Waals surface area contributed by atoms with Gasteiger partial charge in [0.15, 0.2) is 5.13 Å². The predicted octanol–water partition coefficient (Wildman–Crippen LogP) is 6.46. The molecule has 0 bridgehead atoms. The van der Waals surface area contributed by atoms with Gasteiger partial charge >= 0.3 is 5.97 Å². The Morgan fingerprint density at radius 3 is 2.58 bits per heavy atom. The van der Waals surface area contributed by atoms with E-state index in [0.717, 1.165) is 37.6 Å². The Morgan fingerprint density at radius 1 is 1.06 bits per heavy atom. The van der Waals surface area contributed by atoms with E-state index in [-0.39, 0.29) is 12.3 Å². The number of aromatic nitrogens is 2. The zero-order valence-corrected chi connectivity index (χ0v) is 20.2. The Hall–Kier alpha value is -3.36. The van der Waals surface area contributed by atoms with Crippen molar-refractivity contribution in [1.82, 2.24) is 9.97 Å². The Kier molecular flexibility index (Phi) is 6.67. The summed E-state index contributed by atoms with van der Waals surface area (Å²) in [4.78, 5) is 34.8. The number of hydrogen-bond donors (Lipinski definition) is 1. The third kappa shape index (κ3) is 5.02. The molecule has 6 nitrogen and oxygen atoms in total. The fourth-order valence-corrected chi connectivity index (χ4v) is 5.35. The highest BCUT2D eigenvalue weighted by atomic mass is 32.1. The van der Waals surface area contributed by atoms with Gasteiger partial charge in [-0.2, -0.15) is 0 Å². The van der Waals surface area contributed by atoms with E-state index in [4.69, 9.17) is 9.97 Å². The molecule has 33 heavy (non-hydrogen) atoms. The summed E-state index contributed by atoms with van der Waals surface area (Å²) in [6.45, 7) is 5.53. The number of anilines is 2. The van der Waals surface area contributed by atoms with Gasteiger partial charge in [0.25, 0.3) is 0 Å². The summed E-state index contributed by atoms with van der Waals surface area (Å²) >= 11 is 2.91. The molecule has 1 N–H and O–H groups in total. The van der Waals surface area contributed by atoms with Crippen LogP contribution < -0.4 is 4.90 Å². The second kappa shape index (κ2) is 9.64. The van der Waals surface area contributed by atoms with E-state index in [1.54, 1.807) is 4.90 Å². The van der Waals surface area contributed by atoms with Crippen molar-refractivity contribution in [3.63, 3.8) is 0 Å². The highest BCUT2D eigenvalue weighted by Gasteiger charge is 2.20. The Labute approximate surface area is 199 Å². The lowest BCUT2D eigenvalue weighted by Crippen LogP contribution is -2.23. The molecule has 2 aromatic carbocycles. The minimum absolute atomic E-state index is 0.000804. The molecular weight excluding hydrogens is 454 g/mol. The lowest BCUT2D eigenvalue weighted by Gasteiger charge is -2.21. The van der Waals surface area contributed by atoms with Gasteiger partial charge in [-0.05, 0) is 61.2 Å². The van der Waals surface area contributed by atoms with Gasteiger partial charge in [-0.1, -0.05) is 24.3 Å². The molecule has 0 atom stereocenters. The van der Waals surface area contributed by atoms with E-state index in [9.17, 15) is 14.7 Å². The number of aryl methyl sites for hydroxylation is 1. The summed E-state index contributed by atoms with van der Waals surface area (Å²) in [6.07, 6.45) is 2.22. The first-order chi connectivity index (χ1) is 15.8. The van der Waals surface area contributed by atoms with Crippen LogP contribution in [0.15, 0.2) is 47.8 Å². The summed E-state index contributed by atoms with van der Waals surface area (Å²) in [7, 11) is 0. The molecule has 0 unspecified atom stereocenters. The first kappa shape index (κ1) is 22.8. The van der Waals surface area contributed by atoms with E-state index in [1.807, 2.05) is 67.8 Å². The van der Waals surface area contributed by atoms with E-state index >= 15 is 0 Å². The molecule has 0 aliphatic rings. The number of hydrogen-bond acceptors (Lipinski definition) is 6. The number of amides is 1. The number of carbonyl (C=O) groups is 2. The summed E-state index contributed by atoms with van der Waals surface area (Å²) < 4.78 is 1.05. The molecule has 0 spiro atoms. The van der Waals surface area contributed by atoms with Crippen LogP contribution in [0.3, 0.4) is 0 Å². The number of para-hydroxylation sites is 1. The number of fused-ring (bicyclic) bond motifs is 1. The maximum Gasteiger partial charge on any atom is 0.303 e. The fourth-order valence-electron chi connectivity index (χ4n) is 3.50. The quantitative estimate of drug-likeness (QED) is 0.330. The van der Waals surface area contributed by atoms with Crippen LogP contribution in [0.1, 0.15) is 41.6 Å². The second-order valence-corrected chi connectivity index (χ2v) is 9.55. The number of carboxylic acid groups (broad SMARTS) is 1. The SMILES string of the molecule is CC(=O)N(c1nc(/C=C(\CCC(=O)O)c2nc3ccccc3s2)cs1)c1cccc(C)c1C. The Bertz CT molecular complexity index is 1340. The minimum Gasteiger partial charge on any atom is -0.481 e. The molecule has 0 fully saturated rings. The van der Waals surface area contributed by atoms with Crippen LogP contribution in [0, 0.1) is 13.8 Å². The third-order valence-corrected chi connectivity index (χ3v) is 7.29. The molecule has 168 valence electrons. The highest BCUT2D eigenvalue weighted by Crippen LogP contribution is 2.35. The van der Waals surface area contributed by atoms with Crippen molar-refractivity contribution in [2.24, 2.45) is 0 Å². The number of aliphatic carboxylic acids is 1. The minimum atomic E-state index is -0.862. The van der Waals surface area contributed by atoms with Gasteiger partial charge in [-0.15, -0.1) is 22.7 Å². The number of thiazole rings is 2. The van der Waals surface area contributed by atoms with Gasteiger partial charge in [0.2, 0.25) is 5.91 Å². The van der Waals surface area contributed by atoms with Gasteiger partial charge < -0.3 is 5.11 Å². The van der Waals surface area contributed by atoms with Gasteiger partial charge in [-0.25, -0.2) is 9.97 Å². The molecule has 0 saturated carbocycles. The van der Waals surface area contributed by atoms with E-state index < -0.39 is 5.97 Å². The van der Waals surface area contributed by atoms with Gasteiger partial charge in [-0.3, -0.25) is 14.5 Å². The molecule has 0 saturated heterocycles. The first-order valence-electron chi connectivity index (χ1n) is 10.4. The molecular formula is C25H23N3O3S2. The fraction of sp³-hybridized carbons (Fsp3) is 0.200. The topological polar surface area (TPSA) is 83.4 Å². The van der Waals surface area contributed by atoms with Crippen LogP contribution >= 0.6 is 22.7 Å². The van der Waals surface area contributed by atoms with Crippen molar-refractivity contribution in [3.05, 3.63) is 69.7 Å². The van der Waals surface area contributed by atoms with E-state index in [1.165, 1.54) is 29.6 Å². The Morgan fingerprint density at radius 2 is 1.85 bits per heavy atom. The van der Waals surface area contributed by atoms with Crippen LogP contribution in [0.2, 0.25) is 0 Å². The monoisotopic (exact) mass is 477 g/mol. The maximum absolute atomic E-state index is 12.5. The van der Waals surface area contributed by atoms with E-state index in [0.29, 0.717) is 17.2 Å². The second-order valence-electron chi connectivity index (χ2n) is 7.68. The van der Waals surface area contributed by atoms with Gasteiger partial charge in [0.1, 0.15) is 5.01 Å². The largest absolute Gasteiger partial charge is 0.481 e. The molecule has 4 aromatic rings. The lowest BCUT2D eigenvalue weighted by molar-refractivity contribution is -0.136. The number of allylic oxidation sites excluding steroid dienone is 1. The molecule has 4 rings (SSSR count). The molecule has 0 aliphatic heterocycles. The molecule has 2 aromatic heterocycles. The number of nitrogens with zero attached hydrogens (tertiary/aromatic N) is 3. The van der Waals surface area contributed by atoms with Crippen molar-refractivity contribution in [3.8, 4) is 0 Å². The van der Waals surface area contributed by atoms with E-state index in [2.05, 4.69) is 0 Å². The number of benzene rings is 2. The van der Waals surface area contributed by atoms with Crippen molar-refractivity contribution in [2.75, 3.05) is 4.90 Å². The average Bonchev–Trinajstić information content (AvgIpc) is 3.41. The van der Waals surface area contributed by atoms with Crippen molar-refractivity contribution in [1.29, 1.82) is 0 Å². The van der Waals surface area contributed by atoms with Crippen LogP contribution in [0.5, 0.6) is 0 Å². The summed E-state index contributed by atoms with van der Waals surface area (Å²) in [5, 5.41) is 12.5. The molecule has 2 heterocycles. The number of rotatable bonds is 7. The lowest BCUT2D eigenvalue weighted by atomic mass is 10.1. The molecule has 0 radical (unpaired) electrons. The van der Waals surface area contributed by atoms with Gasteiger partial charge in [0, 0.05) is 18.7 Å². The zero-order chi connectivity index (χ0) is 23.5. The van der Waals surface area contributed by atoms with Crippen LogP contribution in [0.4, 0.5) is 10.8 Å². The predicted molar refractivity (Wildman–Crippen MR) is 135 cm³/mol. The van der Waals surface area contributed by atoms with Crippen LogP contribution in [-0.2, 0) is 9.59 Å². The smallest absolute Gasteiger partial charge is 0.303 e. The normalized spacial score (nSPS) is 11.7. The molecule has 8 heteroatoms. The third-order valence-electron chi connectivity index (χ3n) is 5.33. The highest BCUT2D eigenvalue weighted by molar-refractivity contribution is 7.19. The summed E-state index contributed by atoms with van der Waals surface area (Å²) in [5.41, 5.74) is 5.31. The Balaban J connectivity index is 1.73. The zero-order valence-electron chi connectivity index (χ0n) is 18.5. The first-order valence-corrected chi connectivity index (χ1v) is 12.1. The van der Waals surface area contributed by atoms with Crippen molar-refractivity contribution in [2.45, 2.75) is 33.6 Å². The molecule has 0 aliphatic carbocycles. The van der Waals surface area contributed by atoms with Crippen molar-refractivity contribution >= 4 is 67.2 Å². The summed E-state index contributed by atoms with van der Waals surface area (Å²) in [6, 6.07) is 13.7. The van der Waals surface area contributed by atoms with Crippen molar-refractivity contribution < 1.29 is 14.7 Å². The molecule has 1 amide bonds.